The van der Waals surface area contributed by atoms with E-state index >= 15 is 0 Å². The average molecular weight is 323 g/mol. The lowest BCUT2D eigenvalue weighted by molar-refractivity contribution is -0.121. The Balaban J connectivity index is 1.80. The molecule has 1 fully saturated rings. The molecule has 1 aliphatic heterocycles. The molecule has 1 atom stereocenters. The van der Waals surface area contributed by atoms with Gasteiger partial charge in [-0.1, -0.05) is 6.07 Å². The van der Waals surface area contributed by atoms with Gasteiger partial charge in [-0.05, 0) is 42.5 Å². The number of nitrogens with two attached hydrogens (primary N) is 1. The molecule has 2 amide bonds. The zero-order chi connectivity index (χ0) is 16.4. The standard InChI is InChI=1S/C17H13N3O2S/c18-10-11-4-6-13(7-5-11)20-16(21)9-15(17(20)22)23-14-3-1-2-12(19)8-14/h1-8,15H,9,19H2. The Morgan fingerprint density at radius 2 is 1.91 bits per heavy atom. The largest absolute Gasteiger partial charge is 0.399 e. The van der Waals surface area contributed by atoms with Gasteiger partial charge in [0.15, 0.2) is 0 Å². The summed E-state index contributed by atoms with van der Waals surface area (Å²) in [5.74, 6) is -0.478. The van der Waals surface area contributed by atoms with Crippen LogP contribution in [-0.2, 0) is 9.59 Å². The zero-order valence-corrected chi connectivity index (χ0v) is 12.9. The molecule has 0 saturated carbocycles. The number of carbonyl (C=O) groups is 2. The Morgan fingerprint density at radius 3 is 2.57 bits per heavy atom. The number of nitrogen functional groups attached to an aromatic ring is 1. The van der Waals surface area contributed by atoms with Crippen molar-refractivity contribution in [2.24, 2.45) is 0 Å². The number of hydrogen-bond donors (Lipinski definition) is 1. The summed E-state index contributed by atoms with van der Waals surface area (Å²) in [5.41, 5.74) is 7.34. The van der Waals surface area contributed by atoms with Crippen LogP contribution in [0.3, 0.4) is 0 Å². The number of nitrogens with zero attached hydrogens (tertiary/aromatic N) is 2. The van der Waals surface area contributed by atoms with E-state index in [0.717, 1.165) is 4.90 Å². The number of benzene rings is 2. The van der Waals surface area contributed by atoms with Gasteiger partial charge in [0.25, 0.3) is 0 Å². The van der Waals surface area contributed by atoms with E-state index in [1.165, 1.54) is 16.7 Å². The zero-order valence-electron chi connectivity index (χ0n) is 12.1. The van der Waals surface area contributed by atoms with E-state index in [9.17, 15) is 9.59 Å². The number of nitriles is 1. The van der Waals surface area contributed by atoms with E-state index in [4.69, 9.17) is 11.0 Å². The molecule has 1 aliphatic rings. The van der Waals surface area contributed by atoms with E-state index in [1.54, 1.807) is 36.4 Å². The van der Waals surface area contributed by atoms with E-state index in [1.807, 2.05) is 18.2 Å². The van der Waals surface area contributed by atoms with Crippen LogP contribution in [0.25, 0.3) is 0 Å². The van der Waals surface area contributed by atoms with Gasteiger partial charge in [-0.15, -0.1) is 11.8 Å². The summed E-state index contributed by atoms with van der Waals surface area (Å²) in [6.45, 7) is 0. The first-order valence-corrected chi connectivity index (χ1v) is 7.85. The van der Waals surface area contributed by atoms with E-state index in [0.29, 0.717) is 16.9 Å². The lowest BCUT2D eigenvalue weighted by Gasteiger charge is -2.15. The van der Waals surface area contributed by atoms with Crippen molar-refractivity contribution in [2.75, 3.05) is 10.6 Å². The Bertz CT molecular complexity index is 811. The predicted octanol–water partition coefficient (Wildman–Crippen LogP) is 2.56. The van der Waals surface area contributed by atoms with Crippen molar-refractivity contribution in [2.45, 2.75) is 16.6 Å². The van der Waals surface area contributed by atoms with Gasteiger partial charge in [-0.25, -0.2) is 4.90 Å². The van der Waals surface area contributed by atoms with Crippen LogP contribution in [0.2, 0.25) is 0 Å². The topological polar surface area (TPSA) is 87.2 Å². The smallest absolute Gasteiger partial charge is 0.247 e. The summed E-state index contributed by atoms with van der Waals surface area (Å²) in [6.07, 6.45) is 0.151. The van der Waals surface area contributed by atoms with Crippen molar-refractivity contribution in [1.29, 1.82) is 5.26 Å². The number of hydrogen-bond acceptors (Lipinski definition) is 5. The molecule has 1 saturated heterocycles. The first-order valence-electron chi connectivity index (χ1n) is 6.97. The highest BCUT2D eigenvalue weighted by Crippen LogP contribution is 2.34. The quantitative estimate of drug-likeness (QED) is 0.693. The van der Waals surface area contributed by atoms with Crippen LogP contribution < -0.4 is 10.6 Å². The highest BCUT2D eigenvalue weighted by molar-refractivity contribution is 8.00. The van der Waals surface area contributed by atoms with Crippen molar-refractivity contribution < 1.29 is 9.59 Å². The van der Waals surface area contributed by atoms with Gasteiger partial charge in [0, 0.05) is 17.0 Å². The molecule has 3 rings (SSSR count). The molecule has 2 aromatic carbocycles. The van der Waals surface area contributed by atoms with Crippen LogP contribution in [0.4, 0.5) is 11.4 Å². The fourth-order valence-electron chi connectivity index (χ4n) is 2.40. The third kappa shape index (κ3) is 3.05. The Labute approximate surface area is 137 Å². The molecule has 0 radical (unpaired) electrons. The highest BCUT2D eigenvalue weighted by atomic mass is 32.2. The number of thioether (sulfide) groups is 1. The molecular formula is C17H13N3O2S. The maximum atomic E-state index is 12.5. The molecule has 0 bridgehead atoms. The maximum absolute atomic E-state index is 12.5. The molecule has 0 spiro atoms. The minimum atomic E-state index is -0.458. The van der Waals surface area contributed by atoms with Gasteiger partial charge in [0.2, 0.25) is 11.8 Å². The van der Waals surface area contributed by atoms with Gasteiger partial charge in [0.1, 0.15) is 0 Å². The first-order chi connectivity index (χ1) is 11.1. The molecule has 5 nitrogen and oxygen atoms in total. The number of rotatable bonds is 3. The summed E-state index contributed by atoms with van der Waals surface area (Å²) in [4.78, 5) is 26.8. The Morgan fingerprint density at radius 1 is 1.17 bits per heavy atom. The van der Waals surface area contributed by atoms with Gasteiger partial charge in [0.05, 0.1) is 22.6 Å². The first kappa shape index (κ1) is 15.1. The highest BCUT2D eigenvalue weighted by Gasteiger charge is 2.40. The van der Waals surface area contributed by atoms with Crippen LogP contribution in [0.5, 0.6) is 0 Å². The number of amides is 2. The third-order valence-electron chi connectivity index (χ3n) is 3.50. The fraction of sp³-hybridized carbons (Fsp3) is 0.118. The molecule has 6 heteroatoms. The summed E-state index contributed by atoms with van der Waals surface area (Å²) in [6, 6.07) is 15.7. The predicted molar refractivity (Wildman–Crippen MR) is 88.8 cm³/mol. The minimum absolute atomic E-state index is 0.151. The van der Waals surface area contributed by atoms with Gasteiger partial charge < -0.3 is 5.73 Å². The maximum Gasteiger partial charge on any atom is 0.247 e. The van der Waals surface area contributed by atoms with Gasteiger partial charge in [-0.2, -0.15) is 5.26 Å². The summed E-state index contributed by atoms with van der Waals surface area (Å²) in [5, 5.41) is 8.36. The molecule has 0 aliphatic carbocycles. The lowest BCUT2D eigenvalue weighted by Crippen LogP contribution is -2.31. The van der Waals surface area contributed by atoms with Crippen LogP contribution in [0.1, 0.15) is 12.0 Å². The summed E-state index contributed by atoms with van der Waals surface area (Å²) < 4.78 is 0. The van der Waals surface area contributed by atoms with Crippen LogP contribution in [-0.4, -0.2) is 17.1 Å². The molecule has 0 aromatic heterocycles. The van der Waals surface area contributed by atoms with Crippen molar-refractivity contribution in [3.05, 3.63) is 54.1 Å². The normalized spacial score (nSPS) is 17.3. The molecular weight excluding hydrogens is 310 g/mol. The number of imide groups is 1. The van der Waals surface area contributed by atoms with Gasteiger partial charge >= 0.3 is 0 Å². The van der Waals surface area contributed by atoms with E-state index < -0.39 is 5.25 Å². The molecule has 114 valence electrons. The molecule has 23 heavy (non-hydrogen) atoms. The third-order valence-corrected chi connectivity index (χ3v) is 4.68. The second kappa shape index (κ2) is 6.15. The summed E-state index contributed by atoms with van der Waals surface area (Å²) >= 11 is 1.34. The molecule has 1 unspecified atom stereocenters. The second-order valence-corrected chi connectivity index (χ2v) is 6.39. The van der Waals surface area contributed by atoms with Crippen molar-refractivity contribution in [3.8, 4) is 6.07 Å². The second-order valence-electron chi connectivity index (χ2n) is 5.11. The van der Waals surface area contributed by atoms with Crippen LogP contribution in [0.15, 0.2) is 53.4 Å². The number of anilines is 2. The van der Waals surface area contributed by atoms with Crippen molar-refractivity contribution in [1.82, 2.24) is 0 Å². The van der Waals surface area contributed by atoms with E-state index in [-0.39, 0.29) is 18.2 Å². The number of carbonyl (C=O) groups excluding carboxylic acids is 2. The van der Waals surface area contributed by atoms with Crippen LogP contribution in [0, 0.1) is 11.3 Å². The van der Waals surface area contributed by atoms with Crippen molar-refractivity contribution >= 4 is 35.0 Å². The molecule has 2 N–H and O–H groups in total. The van der Waals surface area contributed by atoms with Crippen molar-refractivity contribution in [3.63, 3.8) is 0 Å². The average Bonchev–Trinajstić information content (AvgIpc) is 2.81. The van der Waals surface area contributed by atoms with E-state index in [2.05, 4.69) is 0 Å². The monoisotopic (exact) mass is 323 g/mol. The van der Waals surface area contributed by atoms with Crippen LogP contribution >= 0.6 is 11.8 Å². The fourth-order valence-corrected chi connectivity index (χ4v) is 3.53. The summed E-state index contributed by atoms with van der Waals surface area (Å²) in [7, 11) is 0. The van der Waals surface area contributed by atoms with Gasteiger partial charge in [-0.3, -0.25) is 9.59 Å². The molecule has 2 aromatic rings. The Hall–Kier alpha value is -2.78. The molecule has 1 heterocycles. The Kier molecular flexibility index (Phi) is 4.04. The SMILES string of the molecule is N#Cc1ccc(N2C(=O)CC(Sc3cccc(N)c3)C2=O)cc1. The lowest BCUT2D eigenvalue weighted by atomic mass is 10.2. The minimum Gasteiger partial charge on any atom is -0.399 e.